The fraction of sp³-hybridized carbons (Fsp3) is 0.321. The largest absolute Gasteiger partial charge is 0.490 e. The predicted molar refractivity (Wildman–Crippen MR) is 142 cm³/mol. The molecule has 0 bridgehead atoms. The van der Waals surface area contributed by atoms with Crippen molar-refractivity contribution < 1.29 is 13.9 Å². The predicted octanol–water partition coefficient (Wildman–Crippen LogP) is 4.45. The Morgan fingerprint density at radius 2 is 1.79 bits per heavy atom. The summed E-state index contributed by atoms with van der Waals surface area (Å²) in [5, 5.41) is 0.644. The Morgan fingerprint density at radius 1 is 1.11 bits per heavy atom. The number of pyridine rings is 1. The summed E-state index contributed by atoms with van der Waals surface area (Å²) in [6, 6.07) is 11.7. The van der Waals surface area contributed by atoms with Crippen molar-refractivity contribution >= 4 is 17.2 Å². The topological polar surface area (TPSA) is 107 Å². The van der Waals surface area contributed by atoms with Crippen molar-refractivity contribution in [2.24, 2.45) is 17.6 Å². The Kier molecular flexibility index (Phi) is 5.96. The monoisotopic (exact) mass is 530 g/mol. The van der Waals surface area contributed by atoms with E-state index < -0.39 is 5.54 Å². The van der Waals surface area contributed by atoms with E-state index in [1.54, 1.807) is 30.6 Å². The number of ether oxygens (including phenoxy) is 1. The molecule has 2 N–H and O–H groups in total. The van der Waals surface area contributed by atoms with Crippen LogP contribution in [-0.2, 0) is 5.54 Å². The molecule has 2 fully saturated rings. The van der Waals surface area contributed by atoms with Gasteiger partial charge in [0, 0.05) is 55.0 Å². The highest BCUT2D eigenvalue weighted by atomic mass is 32.1. The zero-order chi connectivity index (χ0) is 26.6. The van der Waals surface area contributed by atoms with Crippen molar-refractivity contribution in [3.63, 3.8) is 0 Å². The number of likely N-dealkylation sites (tertiary alicyclic amines) is 1. The Hall–Kier alpha value is -3.76. The molecule has 38 heavy (non-hydrogen) atoms. The van der Waals surface area contributed by atoms with Gasteiger partial charge in [-0.1, -0.05) is 0 Å². The van der Waals surface area contributed by atoms with Gasteiger partial charge >= 0.3 is 0 Å². The van der Waals surface area contributed by atoms with Crippen LogP contribution in [-0.4, -0.2) is 49.9 Å². The number of nitrogens with two attached hydrogens (primary N) is 1. The molecule has 4 heterocycles. The maximum Gasteiger partial charge on any atom is 0.265 e. The van der Waals surface area contributed by atoms with Crippen molar-refractivity contribution in [3.8, 4) is 27.8 Å². The Morgan fingerprint density at radius 3 is 2.45 bits per heavy atom. The van der Waals surface area contributed by atoms with Crippen molar-refractivity contribution in [2.45, 2.75) is 32.4 Å². The second-order valence-corrected chi connectivity index (χ2v) is 11.4. The molecule has 1 amide bonds. The first-order valence-electron chi connectivity index (χ1n) is 12.5. The zero-order valence-corrected chi connectivity index (χ0v) is 22.1. The molecule has 194 valence electrons. The van der Waals surface area contributed by atoms with Gasteiger partial charge in [-0.05, 0) is 51.1 Å². The van der Waals surface area contributed by atoms with E-state index >= 15 is 0 Å². The highest BCUT2D eigenvalue weighted by Gasteiger charge is 2.59. The van der Waals surface area contributed by atoms with Crippen molar-refractivity contribution in [3.05, 3.63) is 76.9 Å². The van der Waals surface area contributed by atoms with E-state index in [9.17, 15) is 9.18 Å². The Labute approximate surface area is 223 Å². The van der Waals surface area contributed by atoms with Crippen molar-refractivity contribution in [1.82, 2.24) is 24.8 Å². The van der Waals surface area contributed by atoms with Crippen LogP contribution in [0.3, 0.4) is 0 Å². The normalized spacial score (nSPS) is 20.3. The van der Waals surface area contributed by atoms with Gasteiger partial charge in [-0.25, -0.2) is 19.3 Å². The number of thiazole rings is 1. The highest BCUT2D eigenvalue weighted by Crippen LogP contribution is 2.49. The van der Waals surface area contributed by atoms with Crippen molar-refractivity contribution in [1.29, 1.82) is 0 Å². The number of carbonyl (C=O) groups excluding carboxylic acids is 1. The lowest BCUT2D eigenvalue weighted by Gasteiger charge is -2.22. The first-order chi connectivity index (χ1) is 18.2. The minimum atomic E-state index is -0.674. The molecule has 1 aromatic carbocycles. The number of aromatic nitrogens is 4. The number of carbonyl (C=O) groups is 1. The third-order valence-corrected chi connectivity index (χ3v) is 8.16. The van der Waals surface area contributed by atoms with Gasteiger partial charge in [-0.2, -0.15) is 0 Å². The molecule has 0 radical (unpaired) electrons. The van der Waals surface area contributed by atoms with Crippen LogP contribution in [0.25, 0.3) is 22.1 Å². The van der Waals surface area contributed by atoms with E-state index in [1.807, 2.05) is 37.8 Å². The number of nitrogens with zero attached hydrogens (tertiary/aromatic N) is 5. The van der Waals surface area contributed by atoms with Gasteiger partial charge in [0.2, 0.25) is 0 Å². The van der Waals surface area contributed by atoms with E-state index in [2.05, 4.69) is 15.0 Å². The molecule has 8 nitrogen and oxygen atoms in total. The number of rotatable bonds is 6. The number of halogens is 1. The van der Waals surface area contributed by atoms with Crippen LogP contribution < -0.4 is 10.5 Å². The molecule has 1 saturated carbocycles. The lowest BCUT2D eigenvalue weighted by molar-refractivity contribution is 0.0756. The third kappa shape index (κ3) is 4.65. The number of piperidine rings is 1. The average molecular weight is 531 g/mol. The first kappa shape index (κ1) is 24.6. The van der Waals surface area contributed by atoms with Crippen LogP contribution in [0.2, 0.25) is 0 Å². The molecule has 0 spiro atoms. The van der Waals surface area contributed by atoms with E-state index in [-0.39, 0.29) is 29.7 Å². The number of hydrogen-bond donors (Lipinski definition) is 1. The second kappa shape index (κ2) is 9.21. The summed E-state index contributed by atoms with van der Waals surface area (Å²) in [7, 11) is 0. The molecule has 3 aromatic heterocycles. The Balaban J connectivity index is 1.16. The minimum absolute atomic E-state index is 0.0113. The molecular weight excluding hydrogens is 503 g/mol. The molecule has 0 unspecified atom stereocenters. The number of fused-ring (bicyclic) bond motifs is 1. The smallest absolute Gasteiger partial charge is 0.265 e. The average Bonchev–Trinajstić information content (AvgIpc) is 3.22. The van der Waals surface area contributed by atoms with E-state index in [0.29, 0.717) is 51.6 Å². The van der Waals surface area contributed by atoms with Gasteiger partial charge in [0.15, 0.2) is 10.8 Å². The maximum atomic E-state index is 13.5. The van der Waals surface area contributed by atoms with Gasteiger partial charge in [0.05, 0.1) is 22.6 Å². The highest BCUT2D eigenvalue weighted by molar-refractivity contribution is 7.17. The van der Waals surface area contributed by atoms with Crippen LogP contribution in [0.15, 0.2) is 54.9 Å². The second-order valence-electron chi connectivity index (χ2n) is 10.4. The van der Waals surface area contributed by atoms with Crippen LogP contribution in [0.1, 0.15) is 34.9 Å². The number of aryl methyl sites for hydroxylation is 1. The molecular formula is C28H27FN6O2S. The van der Waals surface area contributed by atoms with Crippen LogP contribution in [0, 0.1) is 24.6 Å². The van der Waals surface area contributed by atoms with E-state index in [1.165, 1.54) is 23.5 Å². The molecule has 2 aliphatic rings. The quantitative estimate of drug-likeness (QED) is 0.392. The fourth-order valence-electron chi connectivity index (χ4n) is 4.89. The molecule has 3 atom stereocenters. The number of benzene rings is 1. The standard InChI is InChI=1S/C28H27FN6O2S/c1-15-24(38-26(33-15)25-31-9-4-10-32-25)27(36)35-13-19-20(14-35)23(19)37-18-11-21(16-5-7-17(29)8-6-16)34-22(12-18)28(2,3)30/h4-12,19-20,23H,13-14,30H2,1-3H3/t19-,20+,23-. The van der Waals surface area contributed by atoms with Gasteiger partial charge in [-0.3, -0.25) is 9.78 Å². The number of hydrogen-bond acceptors (Lipinski definition) is 8. The maximum absolute atomic E-state index is 13.5. The SMILES string of the molecule is Cc1nc(-c2ncccn2)sc1C(=O)N1C[C@@H]2[C@H](C1)[C@@H]2Oc1cc(-c2ccc(F)cc2)nc(C(C)(C)N)c1. The minimum Gasteiger partial charge on any atom is -0.490 e. The van der Waals surface area contributed by atoms with Crippen LogP contribution >= 0.6 is 11.3 Å². The zero-order valence-electron chi connectivity index (χ0n) is 21.3. The third-order valence-electron chi connectivity index (χ3n) is 7.02. The molecule has 1 aliphatic carbocycles. The summed E-state index contributed by atoms with van der Waals surface area (Å²) < 4.78 is 19.9. The van der Waals surface area contributed by atoms with Crippen molar-refractivity contribution in [2.75, 3.05) is 13.1 Å². The summed E-state index contributed by atoms with van der Waals surface area (Å²) in [5.74, 6) is 1.42. The van der Waals surface area contributed by atoms with Gasteiger partial charge in [-0.15, -0.1) is 11.3 Å². The molecule has 10 heteroatoms. The number of amides is 1. The van der Waals surface area contributed by atoms with E-state index in [0.717, 1.165) is 5.56 Å². The van der Waals surface area contributed by atoms with E-state index in [4.69, 9.17) is 15.5 Å². The van der Waals surface area contributed by atoms with Gasteiger partial charge in [0.25, 0.3) is 5.91 Å². The molecule has 1 aliphatic heterocycles. The lowest BCUT2D eigenvalue weighted by Crippen LogP contribution is -2.33. The summed E-state index contributed by atoms with van der Waals surface area (Å²) in [4.78, 5) is 33.5. The summed E-state index contributed by atoms with van der Waals surface area (Å²) in [5.41, 5.74) is 8.53. The van der Waals surface area contributed by atoms with Gasteiger partial charge < -0.3 is 15.4 Å². The molecule has 1 saturated heterocycles. The summed E-state index contributed by atoms with van der Waals surface area (Å²) >= 11 is 1.33. The summed E-state index contributed by atoms with van der Waals surface area (Å²) in [6.07, 6.45) is 3.35. The first-order valence-corrected chi connectivity index (χ1v) is 13.3. The lowest BCUT2D eigenvalue weighted by atomic mass is 10.00. The van der Waals surface area contributed by atoms with Gasteiger partial charge in [0.1, 0.15) is 22.5 Å². The molecule has 4 aromatic rings. The fourth-order valence-corrected chi connectivity index (χ4v) is 5.87. The van der Waals surface area contributed by atoms with Crippen LogP contribution in [0.4, 0.5) is 4.39 Å². The molecule has 6 rings (SSSR count). The van der Waals surface area contributed by atoms with Crippen LogP contribution in [0.5, 0.6) is 5.75 Å². The summed E-state index contributed by atoms with van der Waals surface area (Å²) in [6.45, 7) is 6.89. The Bertz CT molecular complexity index is 1490.